The monoisotopic (exact) mass is 319 g/mol. The number of carbonyl (C=O) groups excluding carboxylic acids is 3. The number of ether oxygens (including phenoxy) is 2. The van der Waals surface area contributed by atoms with Gasteiger partial charge >= 0.3 is 5.97 Å². The average molecular weight is 319 g/mol. The van der Waals surface area contributed by atoms with Gasteiger partial charge in [0.15, 0.2) is 11.9 Å². The van der Waals surface area contributed by atoms with E-state index in [4.69, 9.17) is 9.47 Å². The van der Waals surface area contributed by atoms with Gasteiger partial charge in [-0.15, -0.1) is 0 Å². The minimum atomic E-state index is -0.807. The van der Waals surface area contributed by atoms with Crippen molar-refractivity contribution in [3.8, 4) is 5.75 Å². The number of anilines is 1. The zero-order chi connectivity index (χ0) is 17.3. The molecule has 0 bridgehead atoms. The highest BCUT2D eigenvalue weighted by Gasteiger charge is 2.41. The number of amides is 1. The predicted molar refractivity (Wildman–Crippen MR) is 84.7 cm³/mol. The molecule has 2 atom stereocenters. The van der Waals surface area contributed by atoms with Gasteiger partial charge in [0.1, 0.15) is 11.8 Å². The summed E-state index contributed by atoms with van der Waals surface area (Å²) < 4.78 is 10.5. The number of carbonyl (C=O) groups is 3. The number of methoxy groups -OCH3 is 1. The Hall–Kier alpha value is -2.37. The van der Waals surface area contributed by atoms with Gasteiger partial charge in [0.2, 0.25) is 0 Å². The second-order valence-corrected chi connectivity index (χ2v) is 5.93. The van der Waals surface area contributed by atoms with Crippen LogP contribution in [0, 0.1) is 5.92 Å². The number of ketones is 1. The highest BCUT2D eigenvalue weighted by Crippen LogP contribution is 2.38. The highest BCUT2D eigenvalue weighted by atomic mass is 16.5. The molecule has 23 heavy (non-hydrogen) atoms. The molecule has 124 valence electrons. The fraction of sp³-hybridized carbons (Fsp3) is 0.471. The summed E-state index contributed by atoms with van der Waals surface area (Å²) >= 11 is 0. The molecule has 0 fully saturated rings. The Morgan fingerprint density at radius 1 is 1.26 bits per heavy atom. The molecule has 1 amide bonds. The Bertz CT molecular complexity index is 652. The first-order chi connectivity index (χ1) is 10.8. The summed E-state index contributed by atoms with van der Waals surface area (Å²) in [6, 6.07) is 4.07. The molecule has 2 unspecified atom stereocenters. The van der Waals surface area contributed by atoms with Crippen LogP contribution >= 0.6 is 0 Å². The van der Waals surface area contributed by atoms with Crippen molar-refractivity contribution in [3.63, 3.8) is 0 Å². The van der Waals surface area contributed by atoms with Crippen molar-refractivity contribution in [2.24, 2.45) is 5.92 Å². The molecule has 1 aliphatic heterocycles. The van der Waals surface area contributed by atoms with Gasteiger partial charge in [0, 0.05) is 5.56 Å². The largest absolute Gasteiger partial charge is 0.478 e. The van der Waals surface area contributed by atoms with Crippen molar-refractivity contribution in [1.29, 1.82) is 0 Å². The van der Waals surface area contributed by atoms with Crippen LogP contribution in [0.2, 0.25) is 0 Å². The zero-order valence-electron chi connectivity index (χ0n) is 14.0. The van der Waals surface area contributed by atoms with Gasteiger partial charge in [-0.1, -0.05) is 13.8 Å². The van der Waals surface area contributed by atoms with E-state index < -0.39 is 18.1 Å². The number of benzene rings is 1. The van der Waals surface area contributed by atoms with Crippen LogP contribution in [0.5, 0.6) is 5.75 Å². The molecule has 0 aliphatic carbocycles. The molecule has 0 saturated carbocycles. The van der Waals surface area contributed by atoms with Crippen LogP contribution in [-0.4, -0.2) is 36.9 Å². The van der Waals surface area contributed by atoms with Crippen LogP contribution in [0.3, 0.4) is 0 Å². The second kappa shape index (κ2) is 6.40. The number of rotatable bonds is 4. The highest BCUT2D eigenvalue weighted by molar-refractivity contribution is 6.06. The summed E-state index contributed by atoms with van der Waals surface area (Å²) in [4.78, 5) is 37.7. The van der Waals surface area contributed by atoms with Crippen LogP contribution in [0.25, 0.3) is 0 Å². The van der Waals surface area contributed by atoms with E-state index in [9.17, 15) is 14.4 Å². The van der Waals surface area contributed by atoms with Gasteiger partial charge in [0.05, 0.1) is 12.8 Å². The van der Waals surface area contributed by atoms with Crippen LogP contribution in [0.4, 0.5) is 5.69 Å². The molecular formula is C17H21NO5. The molecule has 6 heteroatoms. The predicted octanol–water partition coefficient (Wildman–Crippen LogP) is 2.20. The molecule has 0 spiro atoms. The lowest BCUT2D eigenvalue weighted by Crippen LogP contribution is -2.54. The first-order valence-electron chi connectivity index (χ1n) is 7.50. The van der Waals surface area contributed by atoms with E-state index in [1.165, 1.54) is 18.9 Å². The maximum absolute atomic E-state index is 12.8. The van der Waals surface area contributed by atoms with E-state index in [0.29, 0.717) is 17.0 Å². The van der Waals surface area contributed by atoms with E-state index in [0.717, 1.165) is 0 Å². The Balaban J connectivity index is 2.57. The van der Waals surface area contributed by atoms with Gasteiger partial charge in [-0.05, 0) is 38.0 Å². The van der Waals surface area contributed by atoms with Crippen molar-refractivity contribution in [2.75, 3.05) is 12.0 Å². The molecule has 0 aromatic heterocycles. The Kier molecular flexibility index (Phi) is 4.73. The Morgan fingerprint density at radius 2 is 1.91 bits per heavy atom. The number of fused-ring (bicyclic) bond motifs is 1. The maximum Gasteiger partial charge on any atom is 0.328 e. The van der Waals surface area contributed by atoms with Gasteiger partial charge < -0.3 is 9.47 Å². The lowest BCUT2D eigenvalue weighted by atomic mass is 10.0. The first-order valence-corrected chi connectivity index (χ1v) is 7.50. The Labute approximate surface area is 135 Å². The van der Waals surface area contributed by atoms with Crippen LogP contribution in [-0.2, 0) is 14.3 Å². The summed E-state index contributed by atoms with van der Waals surface area (Å²) in [5.41, 5.74) is 0.864. The molecule has 1 aromatic carbocycles. The van der Waals surface area contributed by atoms with Crippen LogP contribution in [0.15, 0.2) is 18.2 Å². The van der Waals surface area contributed by atoms with Gasteiger partial charge in [0.25, 0.3) is 5.91 Å². The summed E-state index contributed by atoms with van der Waals surface area (Å²) in [6.45, 7) is 6.78. The van der Waals surface area contributed by atoms with Crippen molar-refractivity contribution < 1.29 is 23.9 Å². The minimum absolute atomic E-state index is 0.0597. The van der Waals surface area contributed by atoms with Gasteiger partial charge in [-0.25, -0.2) is 4.79 Å². The molecule has 1 heterocycles. The SMILES string of the molecule is COC(=O)C(C)N1C(=O)C(C(C)C)Oc2ccc(C(C)=O)cc21. The summed E-state index contributed by atoms with van der Waals surface area (Å²) in [7, 11) is 1.27. The van der Waals surface area contributed by atoms with Crippen LogP contribution in [0.1, 0.15) is 38.1 Å². The molecule has 1 aliphatic rings. The third-order valence-corrected chi connectivity index (χ3v) is 3.89. The fourth-order valence-electron chi connectivity index (χ4n) is 2.56. The molecule has 2 rings (SSSR count). The molecule has 0 saturated heterocycles. The third-order valence-electron chi connectivity index (χ3n) is 3.89. The fourth-order valence-corrected chi connectivity index (χ4v) is 2.56. The summed E-state index contributed by atoms with van der Waals surface area (Å²) in [5.74, 6) is -0.551. The lowest BCUT2D eigenvalue weighted by molar-refractivity contribution is -0.144. The normalized spacial score (nSPS) is 18.3. The van der Waals surface area contributed by atoms with Crippen molar-refractivity contribution in [3.05, 3.63) is 23.8 Å². The Morgan fingerprint density at radius 3 is 2.43 bits per heavy atom. The lowest BCUT2D eigenvalue weighted by Gasteiger charge is -2.38. The zero-order valence-corrected chi connectivity index (χ0v) is 14.0. The quantitative estimate of drug-likeness (QED) is 0.628. The van der Waals surface area contributed by atoms with Crippen molar-refractivity contribution in [1.82, 2.24) is 0 Å². The minimum Gasteiger partial charge on any atom is -0.478 e. The summed E-state index contributed by atoms with van der Waals surface area (Å²) in [5, 5.41) is 0. The smallest absolute Gasteiger partial charge is 0.328 e. The van der Waals surface area contributed by atoms with Crippen molar-refractivity contribution >= 4 is 23.3 Å². The van der Waals surface area contributed by atoms with E-state index in [1.807, 2.05) is 13.8 Å². The number of esters is 1. The topological polar surface area (TPSA) is 72.9 Å². The van der Waals surface area contributed by atoms with E-state index >= 15 is 0 Å². The molecule has 0 N–H and O–H groups in total. The first kappa shape index (κ1) is 17.0. The molecule has 1 aromatic rings. The number of hydrogen-bond donors (Lipinski definition) is 0. The van der Waals surface area contributed by atoms with Crippen LogP contribution < -0.4 is 9.64 Å². The standard InChI is InChI=1S/C17H21NO5/c1-9(2)15-16(20)18(10(3)17(21)22-5)13-8-12(11(4)19)6-7-14(13)23-15/h6-10,15H,1-5H3. The summed E-state index contributed by atoms with van der Waals surface area (Å²) in [6.07, 6.45) is -0.683. The molecular weight excluding hydrogens is 298 g/mol. The second-order valence-electron chi connectivity index (χ2n) is 5.93. The number of hydrogen-bond acceptors (Lipinski definition) is 5. The molecule has 6 nitrogen and oxygen atoms in total. The van der Waals surface area contributed by atoms with Gasteiger partial charge in [-0.2, -0.15) is 0 Å². The average Bonchev–Trinajstić information content (AvgIpc) is 2.51. The van der Waals surface area contributed by atoms with Crippen molar-refractivity contribution in [2.45, 2.75) is 39.8 Å². The van der Waals surface area contributed by atoms with E-state index in [2.05, 4.69) is 0 Å². The number of nitrogens with zero attached hydrogens (tertiary/aromatic N) is 1. The molecule has 0 radical (unpaired) electrons. The number of Topliss-reactive ketones (excluding diaryl/α,β-unsaturated/α-hetero) is 1. The maximum atomic E-state index is 12.8. The van der Waals surface area contributed by atoms with Gasteiger partial charge in [-0.3, -0.25) is 14.5 Å². The third kappa shape index (κ3) is 3.06. The van der Waals surface area contributed by atoms with E-state index in [1.54, 1.807) is 25.1 Å². The van der Waals surface area contributed by atoms with E-state index in [-0.39, 0.29) is 17.6 Å².